The van der Waals surface area contributed by atoms with Gasteiger partial charge in [0.25, 0.3) is 0 Å². The third kappa shape index (κ3) is 9.16. The largest absolute Gasteiger partial charge is 0.450 e. The molecular formula is C17H31N3O5. The van der Waals surface area contributed by atoms with E-state index in [2.05, 4.69) is 10.6 Å². The first-order chi connectivity index (χ1) is 11.7. The molecule has 0 saturated carbocycles. The van der Waals surface area contributed by atoms with E-state index in [0.29, 0.717) is 32.2 Å². The molecular weight excluding hydrogens is 326 g/mol. The van der Waals surface area contributed by atoms with E-state index < -0.39 is 17.8 Å². The molecule has 1 rings (SSSR count). The smallest absolute Gasteiger partial charge is 0.407 e. The number of ether oxygens (including phenoxy) is 2. The molecule has 0 aromatic carbocycles. The lowest BCUT2D eigenvalue weighted by molar-refractivity contribution is -0.132. The van der Waals surface area contributed by atoms with Crippen molar-refractivity contribution in [2.75, 3.05) is 32.8 Å². The Labute approximate surface area is 149 Å². The van der Waals surface area contributed by atoms with Crippen molar-refractivity contribution >= 4 is 18.1 Å². The molecule has 0 aliphatic carbocycles. The highest BCUT2D eigenvalue weighted by atomic mass is 16.6. The van der Waals surface area contributed by atoms with Crippen molar-refractivity contribution in [1.29, 1.82) is 0 Å². The number of carbonyl (C=O) groups is 3. The summed E-state index contributed by atoms with van der Waals surface area (Å²) in [5.74, 6) is 0.365. The SMILES string of the molecule is CCOC(=O)NCCC(=O)N1CCC(CNC(=O)OC(C)(C)C)CC1. The van der Waals surface area contributed by atoms with Crippen LogP contribution in [0.5, 0.6) is 0 Å². The third-order valence-corrected chi connectivity index (χ3v) is 3.78. The van der Waals surface area contributed by atoms with E-state index in [9.17, 15) is 14.4 Å². The van der Waals surface area contributed by atoms with Crippen LogP contribution in [-0.4, -0.2) is 61.4 Å². The molecule has 144 valence electrons. The summed E-state index contributed by atoms with van der Waals surface area (Å²) in [6.45, 7) is 9.68. The van der Waals surface area contributed by atoms with Crippen LogP contribution in [0, 0.1) is 5.92 Å². The first-order valence-electron chi connectivity index (χ1n) is 8.86. The Balaban J connectivity index is 2.19. The Kier molecular flexibility index (Phi) is 8.51. The van der Waals surface area contributed by atoms with Gasteiger partial charge in [-0.3, -0.25) is 4.79 Å². The molecule has 0 spiro atoms. The summed E-state index contributed by atoms with van der Waals surface area (Å²) in [6.07, 6.45) is 1.04. The molecule has 1 heterocycles. The van der Waals surface area contributed by atoms with Crippen molar-refractivity contribution in [2.24, 2.45) is 5.92 Å². The number of carbonyl (C=O) groups excluding carboxylic acids is 3. The molecule has 0 aromatic heterocycles. The lowest BCUT2D eigenvalue weighted by Gasteiger charge is -2.32. The Morgan fingerprint density at radius 3 is 2.28 bits per heavy atom. The molecule has 1 saturated heterocycles. The van der Waals surface area contributed by atoms with Gasteiger partial charge < -0.3 is 25.0 Å². The lowest BCUT2D eigenvalue weighted by Crippen LogP contribution is -2.43. The number of amides is 3. The van der Waals surface area contributed by atoms with Crippen molar-refractivity contribution in [3.8, 4) is 0 Å². The predicted molar refractivity (Wildman–Crippen MR) is 93.2 cm³/mol. The van der Waals surface area contributed by atoms with Gasteiger partial charge in [0, 0.05) is 32.6 Å². The van der Waals surface area contributed by atoms with Gasteiger partial charge in [0.1, 0.15) is 5.60 Å². The van der Waals surface area contributed by atoms with Gasteiger partial charge in [-0.2, -0.15) is 0 Å². The van der Waals surface area contributed by atoms with Crippen LogP contribution in [0.25, 0.3) is 0 Å². The first kappa shape index (κ1) is 21.1. The van der Waals surface area contributed by atoms with E-state index in [1.807, 2.05) is 20.8 Å². The highest BCUT2D eigenvalue weighted by Crippen LogP contribution is 2.17. The first-order valence-corrected chi connectivity index (χ1v) is 8.86. The Morgan fingerprint density at radius 1 is 1.08 bits per heavy atom. The molecule has 3 amide bonds. The fourth-order valence-corrected chi connectivity index (χ4v) is 2.54. The number of rotatable bonds is 6. The highest BCUT2D eigenvalue weighted by Gasteiger charge is 2.24. The maximum Gasteiger partial charge on any atom is 0.407 e. The highest BCUT2D eigenvalue weighted by molar-refractivity contribution is 5.77. The summed E-state index contributed by atoms with van der Waals surface area (Å²) in [4.78, 5) is 36.7. The van der Waals surface area contributed by atoms with Crippen molar-refractivity contribution in [3.05, 3.63) is 0 Å². The number of nitrogens with zero attached hydrogens (tertiary/aromatic N) is 1. The van der Waals surface area contributed by atoms with Crippen molar-refractivity contribution in [1.82, 2.24) is 15.5 Å². The Bertz CT molecular complexity index is 454. The zero-order valence-electron chi connectivity index (χ0n) is 15.7. The monoisotopic (exact) mass is 357 g/mol. The summed E-state index contributed by atoms with van der Waals surface area (Å²) in [6, 6.07) is 0. The van der Waals surface area contributed by atoms with E-state index in [4.69, 9.17) is 9.47 Å². The van der Waals surface area contributed by atoms with Crippen molar-refractivity contribution in [3.63, 3.8) is 0 Å². The van der Waals surface area contributed by atoms with Gasteiger partial charge >= 0.3 is 12.2 Å². The van der Waals surface area contributed by atoms with Gasteiger partial charge in [0.05, 0.1) is 6.61 Å². The van der Waals surface area contributed by atoms with E-state index in [1.54, 1.807) is 11.8 Å². The zero-order valence-corrected chi connectivity index (χ0v) is 15.7. The summed E-state index contributed by atoms with van der Waals surface area (Å²) < 4.78 is 9.95. The van der Waals surface area contributed by atoms with Crippen LogP contribution < -0.4 is 10.6 Å². The molecule has 25 heavy (non-hydrogen) atoms. The fraction of sp³-hybridized carbons (Fsp3) is 0.824. The maximum absolute atomic E-state index is 12.1. The van der Waals surface area contributed by atoms with Crippen LogP contribution in [0.1, 0.15) is 47.0 Å². The second kappa shape index (κ2) is 10.1. The molecule has 1 aliphatic rings. The normalized spacial score (nSPS) is 15.4. The maximum atomic E-state index is 12.1. The lowest BCUT2D eigenvalue weighted by atomic mass is 9.96. The molecule has 2 N–H and O–H groups in total. The topological polar surface area (TPSA) is 97.0 Å². The molecule has 0 aromatic rings. The Hall–Kier alpha value is -1.99. The van der Waals surface area contributed by atoms with Crippen LogP contribution >= 0.6 is 0 Å². The third-order valence-electron chi connectivity index (χ3n) is 3.78. The van der Waals surface area contributed by atoms with E-state index >= 15 is 0 Å². The number of likely N-dealkylation sites (tertiary alicyclic amines) is 1. The number of hydrogen-bond acceptors (Lipinski definition) is 5. The van der Waals surface area contributed by atoms with Gasteiger partial charge in [-0.05, 0) is 46.5 Å². The van der Waals surface area contributed by atoms with Crippen LogP contribution in [0.4, 0.5) is 9.59 Å². The van der Waals surface area contributed by atoms with Gasteiger partial charge in [-0.25, -0.2) is 9.59 Å². The zero-order chi connectivity index (χ0) is 18.9. The fourth-order valence-electron chi connectivity index (χ4n) is 2.54. The van der Waals surface area contributed by atoms with Crippen LogP contribution in [0.15, 0.2) is 0 Å². The van der Waals surface area contributed by atoms with Gasteiger partial charge in [-0.15, -0.1) is 0 Å². The number of nitrogens with one attached hydrogen (secondary N) is 2. The summed E-state index contributed by atoms with van der Waals surface area (Å²) in [7, 11) is 0. The Morgan fingerprint density at radius 2 is 1.72 bits per heavy atom. The molecule has 1 aliphatic heterocycles. The number of alkyl carbamates (subject to hydrolysis) is 2. The molecule has 1 fully saturated rings. The minimum absolute atomic E-state index is 0.0235. The second-order valence-electron chi connectivity index (χ2n) is 7.10. The van der Waals surface area contributed by atoms with Crippen LogP contribution in [-0.2, 0) is 14.3 Å². The van der Waals surface area contributed by atoms with Gasteiger partial charge in [-0.1, -0.05) is 0 Å². The summed E-state index contributed by atoms with van der Waals surface area (Å²) >= 11 is 0. The minimum Gasteiger partial charge on any atom is -0.450 e. The number of piperidine rings is 1. The second-order valence-corrected chi connectivity index (χ2v) is 7.10. The molecule has 0 radical (unpaired) electrons. The standard InChI is InChI=1S/C17H31N3O5/c1-5-24-15(22)18-9-6-14(21)20-10-7-13(8-11-20)12-19-16(23)25-17(2,3)4/h13H,5-12H2,1-4H3,(H,18,22)(H,19,23). The quantitative estimate of drug-likeness (QED) is 0.756. The van der Waals surface area contributed by atoms with Crippen LogP contribution in [0.2, 0.25) is 0 Å². The van der Waals surface area contributed by atoms with E-state index in [-0.39, 0.29) is 18.9 Å². The van der Waals surface area contributed by atoms with E-state index in [0.717, 1.165) is 12.8 Å². The molecule has 0 bridgehead atoms. The van der Waals surface area contributed by atoms with Crippen molar-refractivity contribution in [2.45, 2.75) is 52.6 Å². The summed E-state index contributed by atoms with van der Waals surface area (Å²) in [5, 5.41) is 5.33. The predicted octanol–water partition coefficient (Wildman–Crippen LogP) is 1.89. The summed E-state index contributed by atoms with van der Waals surface area (Å²) in [5.41, 5.74) is -0.503. The van der Waals surface area contributed by atoms with Gasteiger partial charge in [0.2, 0.25) is 5.91 Å². The number of hydrogen-bond donors (Lipinski definition) is 2. The molecule has 8 nitrogen and oxygen atoms in total. The van der Waals surface area contributed by atoms with Gasteiger partial charge in [0.15, 0.2) is 0 Å². The average molecular weight is 357 g/mol. The minimum atomic E-state index is -0.503. The van der Waals surface area contributed by atoms with Crippen molar-refractivity contribution < 1.29 is 23.9 Å². The van der Waals surface area contributed by atoms with Crippen LogP contribution in [0.3, 0.4) is 0 Å². The molecule has 0 unspecified atom stereocenters. The molecule has 8 heteroatoms. The molecule has 0 atom stereocenters. The van der Waals surface area contributed by atoms with E-state index in [1.165, 1.54) is 0 Å². The average Bonchev–Trinajstić information content (AvgIpc) is 2.52.